The summed E-state index contributed by atoms with van der Waals surface area (Å²) in [6.07, 6.45) is 0.709. The van der Waals surface area contributed by atoms with E-state index in [1.54, 1.807) is 7.11 Å². The molecule has 0 aromatic rings. The Kier molecular flexibility index (Phi) is 5.57. The number of nitrogens with zero attached hydrogens (tertiary/aromatic N) is 1. The van der Waals surface area contributed by atoms with Gasteiger partial charge in [-0.15, -0.1) is 11.8 Å². The Morgan fingerprint density at radius 2 is 2.35 bits per heavy atom. The average Bonchev–Trinajstić information content (AvgIpc) is 2.75. The smallest absolute Gasteiger partial charge is 0.327 e. The van der Waals surface area contributed by atoms with Crippen LogP contribution in [0.15, 0.2) is 0 Å². The fourth-order valence-electron chi connectivity index (χ4n) is 1.51. The Hall–Kier alpha value is -0.950. The molecule has 0 aromatic heterocycles. The largest absolute Gasteiger partial charge is 0.480 e. The lowest BCUT2D eigenvalue weighted by Gasteiger charge is -2.23. The molecule has 1 aliphatic heterocycles. The summed E-state index contributed by atoms with van der Waals surface area (Å²) in [6.45, 7) is 2.44. The Bertz CT molecular complexity index is 287. The third kappa shape index (κ3) is 4.08. The second-order valence-electron chi connectivity index (χ2n) is 3.96. The molecule has 2 unspecified atom stereocenters. The van der Waals surface area contributed by atoms with Crippen LogP contribution in [0, 0.1) is 0 Å². The zero-order valence-corrected chi connectivity index (χ0v) is 10.8. The van der Waals surface area contributed by atoms with Crippen molar-refractivity contribution in [3.8, 4) is 0 Å². The molecule has 0 spiro atoms. The maximum atomic E-state index is 11.8. The normalized spacial score (nSPS) is 21.3. The summed E-state index contributed by atoms with van der Waals surface area (Å²) < 4.78 is 4.92. The van der Waals surface area contributed by atoms with Gasteiger partial charge in [-0.1, -0.05) is 0 Å². The molecule has 7 heteroatoms. The lowest BCUT2D eigenvalue weighted by molar-refractivity contribution is -0.140. The average molecular weight is 262 g/mol. The van der Waals surface area contributed by atoms with Crippen molar-refractivity contribution >= 4 is 23.8 Å². The van der Waals surface area contributed by atoms with Crippen molar-refractivity contribution in [3.63, 3.8) is 0 Å². The van der Waals surface area contributed by atoms with E-state index in [2.05, 4.69) is 5.32 Å². The molecule has 2 N–H and O–H groups in total. The Balaban J connectivity index is 2.43. The summed E-state index contributed by atoms with van der Waals surface area (Å²) in [4.78, 5) is 24.1. The van der Waals surface area contributed by atoms with Gasteiger partial charge in [0.05, 0.1) is 5.88 Å². The molecule has 0 radical (unpaired) electrons. The van der Waals surface area contributed by atoms with Crippen LogP contribution in [0.3, 0.4) is 0 Å². The molecule has 1 rings (SSSR count). The first-order valence-corrected chi connectivity index (χ1v) is 6.58. The molecule has 1 heterocycles. The van der Waals surface area contributed by atoms with Crippen molar-refractivity contribution in [3.05, 3.63) is 0 Å². The van der Waals surface area contributed by atoms with Gasteiger partial charge in [-0.2, -0.15) is 0 Å². The van der Waals surface area contributed by atoms with Gasteiger partial charge in [-0.25, -0.2) is 9.59 Å². The van der Waals surface area contributed by atoms with Crippen molar-refractivity contribution in [2.24, 2.45) is 0 Å². The quantitative estimate of drug-likeness (QED) is 0.757. The molecule has 2 amide bonds. The Morgan fingerprint density at radius 1 is 1.65 bits per heavy atom. The molecule has 2 atom stereocenters. The third-order valence-corrected chi connectivity index (χ3v) is 3.57. The van der Waals surface area contributed by atoms with Crippen LogP contribution in [0.25, 0.3) is 0 Å². The van der Waals surface area contributed by atoms with E-state index in [4.69, 9.17) is 9.84 Å². The van der Waals surface area contributed by atoms with Crippen LogP contribution in [0.2, 0.25) is 0 Å². The Labute approximate surface area is 105 Å². The van der Waals surface area contributed by atoms with E-state index >= 15 is 0 Å². The van der Waals surface area contributed by atoms with Gasteiger partial charge in [-0.3, -0.25) is 0 Å². The fourth-order valence-corrected chi connectivity index (χ4v) is 2.65. The Morgan fingerprint density at radius 3 is 2.94 bits per heavy atom. The number of thioether (sulfide) groups is 1. The highest BCUT2D eigenvalue weighted by molar-refractivity contribution is 7.99. The van der Waals surface area contributed by atoms with E-state index in [1.165, 1.54) is 16.7 Å². The molecule has 0 bridgehead atoms. The van der Waals surface area contributed by atoms with Crippen LogP contribution in [-0.2, 0) is 9.53 Å². The first kappa shape index (κ1) is 14.1. The van der Waals surface area contributed by atoms with E-state index in [0.717, 1.165) is 0 Å². The number of carboxylic acids is 1. The van der Waals surface area contributed by atoms with Crippen LogP contribution in [0.4, 0.5) is 4.79 Å². The molecular formula is C10H18N2O4S. The van der Waals surface area contributed by atoms with Gasteiger partial charge < -0.3 is 20.1 Å². The second kappa shape index (κ2) is 6.70. The molecule has 1 aliphatic rings. The van der Waals surface area contributed by atoms with Gasteiger partial charge >= 0.3 is 12.0 Å². The van der Waals surface area contributed by atoms with Crippen molar-refractivity contribution in [1.29, 1.82) is 0 Å². The van der Waals surface area contributed by atoms with Gasteiger partial charge in [0.1, 0.15) is 6.04 Å². The number of rotatable bonds is 5. The highest BCUT2D eigenvalue weighted by Crippen LogP contribution is 2.21. The molecule has 1 fully saturated rings. The minimum Gasteiger partial charge on any atom is -0.480 e. The molecule has 1 saturated heterocycles. The minimum absolute atomic E-state index is 0.0255. The van der Waals surface area contributed by atoms with E-state index in [-0.39, 0.29) is 12.1 Å². The lowest BCUT2D eigenvalue weighted by atomic mass is 10.2. The number of amides is 2. The highest BCUT2D eigenvalue weighted by atomic mass is 32.2. The fraction of sp³-hybridized carbons (Fsp3) is 0.800. The maximum Gasteiger partial charge on any atom is 0.327 e. The number of hydrogen-bond acceptors (Lipinski definition) is 4. The predicted molar refractivity (Wildman–Crippen MR) is 65.1 cm³/mol. The molecule has 6 nitrogen and oxygen atoms in total. The molecular weight excluding hydrogens is 244 g/mol. The van der Waals surface area contributed by atoms with E-state index < -0.39 is 12.0 Å². The van der Waals surface area contributed by atoms with Crippen molar-refractivity contribution in [1.82, 2.24) is 10.2 Å². The third-order valence-electron chi connectivity index (χ3n) is 2.55. The summed E-state index contributed by atoms with van der Waals surface area (Å²) in [5.41, 5.74) is 0. The number of hydrogen-bond donors (Lipinski definition) is 2. The van der Waals surface area contributed by atoms with Crippen LogP contribution in [0.5, 0.6) is 0 Å². The zero-order valence-electron chi connectivity index (χ0n) is 10.0. The SMILES string of the molecule is COCCC(C)NC(=O)N1CSCC1C(=O)O. The summed E-state index contributed by atoms with van der Waals surface area (Å²) in [5, 5.41) is 11.7. The van der Waals surface area contributed by atoms with Gasteiger partial charge in [0, 0.05) is 25.5 Å². The number of aliphatic carboxylic acids is 1. The maximum absolute atomic E-state index is 11.8. The van der Waals surface area contributed by atoms with E-state index in [9.17, 15) is 9.59 Å². The molecule has 0 aliphatic carbocycles. The van der Waals surface area contributed by atoms with E-state index in [1.807, 2.05) is 6.92 Å². The number of nitrogens with one attached hydrogen (secondary N) is 1. The lowest BCUT2D eigenvalue weighted by Crippen LogP contribution is -2.49. The van der Waals surface area contributed by atoms with Gasteiger partial charge in [0.2, 0.25) is 0 Å². The van der Waals surface area contributed by atoms with Crippen molar-refractivity contribution in [2.45, 2.75) is 25.4 Å². The van der Waals surface area contributed by atoms with Crippen LogP contribution in [-0.4, -0.2) is 59.4 Å². The summed E-state index contributed by atoms with van der Waals surface area (Å²) in [6, 6.07) is -1.05. The second-order valence-corrected chi connectivity index (χ2v) is 4.96. The first-order chi connectivity index (χ1) is 8.06. The van der Waals surface area contributed by atoms with E-state index in [0.29, 0.717) is 24.7 Å². The standard InChI is InChI=1S/C10H18N2O4S/c1-7(3-4-16-2)11-10(15)12-6-17-5-8(12)9(13)14/h7-8H,3-6H2,1-2H3,(H,11,15)(H,13,14). The number of urea groups is 1. The number of ether oxygens (including phenoxy) is 1. The number of carboxylic acid groups (broad SMARTS) is 1. The molecule has 17 heavy (non-hydrogen) atoms. The minimum atomic E-state index is -0.949. The summed E-state index contributed by atoms with van der Waals surface area (Å²) in [5.74, 6) is -0.0654. The number of carbonyl (C=O) groups is 2. The number of methoxy groups -OCH3 is 1. The highest BCUT2D eigenvalue weighted by Gasteiger charge is 2.34. The topological polar surface area (TPSA) is 78.9 Å². The predicted octanol–water partition coefficient (Wildman–Crippen LogP) is 0.580. The van der Waals surface area contributed by atoms with Gasteiger partial charge in [-0.05, 0) is 13.3 Å². The molecule has 0 saturated carbocycles. The number of carbonyl (C=O) groups excluding carboxylic acids is 1. The van der Waals surface area contributed by atoms with Crippen LogP contribution >= 0.6 is 11.8 Å². The zero-order chi connectivity index (χ0) is 12.8. The van der Waals surface area contributed by atoms with Crippen LogP contribution in [0.1, 0.15) is 13.3 Å². The summed E-state index contributed by atoms with van der Waals surface area (Å²) in [7, 11) is 1.60. The molecule has 98 valence electrons. The first-order valence-electron chi connectivity index (χ1n) is 5.43. The van der Waals surface area contributed by atoms with Crippen LogP contribution < -0.4 is 5.32 Å². The monoisotopic (exact) mass is 262 g/mol. The van der Waals surface area contributed by atoms with Gasteiger partial charge in [0.25, 0.3) is 0 Å². The summed E-state index contributed by atoms with van der Waals surface area (Å²) >= 11 is 1.45. The van der Waals surface area contributed by atoms with Gasteiger partial charge in [0.15, 0.2) is 0 Å². The molecule has 0 aromatic carbocycles. The van der Waals surface area contributed by atoms with Crippen molar-refractivity contribution < 1.29 is 19.4 Å². The van der Waals surface area contributed by atoms with Crippen molar-refractivity contribution in [2.75, 3.05) is 25.3 Å².